The predicted molar refractivity (Wildman–Crippen MR) is 49.7 cm³/mol. The van der Waals surface area contributed by atoms with E-state index in [1.54, 1.807) is 0 Å². The van der Waals surface area contributed by atoms with Gasteiger partial charge in [-0.3, -0.25) is 0 Å². The van der Waals surface area contributed by atoms with Crippen LogP contribution >= 0.6 is 0 Å². The van der Waals surface area contributed by atoms with Crippen LogP contribution in [-0.2, 0) is 9.84 Å². The van der Waals surface area contributed by atoms with E-state index in [4.69, 9.17) is 4.74 Å². The Labute approximate surface area is 75.9 Å². The maximum atomic E-state index is 10.1. The molecule has 73 valence electrons. The third kappa shape index (κ3) is 6.62. The molecule has 1 atom stereocenters. The van der Waals surface area contributed by atoms with Crippen LogP contribution in [0, 0.1) is 5.92 Å². The van der Waals surface area contributed by atoms with Gasteiger partial charge >= 0.3 is 0 Å². The Balaban J connectivity index is 3.26. The van der Waals surface area contributed by atoms with Crippen molar-refractivity contribution in [2.75, 3.05) is 19.8 Å². The largest absolute Gasteiger partial charge is 0.379 e. The number of hydrogen-bond donors (Lipinski definition) is 0. The molecule has 0 bridgehead atoms. The molecule has 2 heteroatoms. The van der Waals surface area contributed by atoms with E-state index in [2.05, 4.69) is 13.8 Å². The van der Waals surface area contributed by atoms with Crippen LogP contribution in [0.3, 0.4) is 0 Å². The Bertz CT molecular complexity index is 83.9. The lowest BCUT2D eigenvalue weighted by Crippen LogP contribution is -2.10. The molecule has 0 aliphatic rings. The summed E-state index contributed by atoms with van der Waals surface area (Å²) in [6.07, 6.45) is 4.93. The smallest absolute Gasteiger partial charge is 0.106 e. The molecule has 0 N–H and O–H groups in total. The Kier molecular flexibility index (Phi) is 8.95. The van der Waals surface area contributed by atoms with Crippen molar-refractivity contribution in [1.29, 1.82) is 0 Å². The summed E-state index contributed by atoms with van der Waals surface area (Å²) in [5.41, 5.74) is 0. The monoisotopic (exact) mass is 173 g/mol. The first kappa shape index (κ1) is 11.9. The van der Waals surface area contributed by atoms with Gasteiger partial charge in [0.1, 0.15) is 6.61 Å². The summed E-state index contributed by atoms with van der Waals surface area (Å²) in [6, 6.07) is 0. The first-order valence-electron chi connectivity index (χ1n) is 5.00. The minimum absolute atomic E-state index is 0.107. The van der Waals surface area contributed by atoms with Gasteiger partial charge in [-0.05, 0) is 12.3 Å². The molecule has 12 heavy (non-hydrogen) atoms. The molecular weight excluding hydrogens is 152 g/mol. The molecule has 0 spiro atoms. The quantitative estimate of drug-likeness (QED) is 0.519. The van der Waals surface area contributed by atoms with Crippen molar-refractivity contribution in [2.45, 2.75) is 39.5 Å². The summed E-state index contributed by atoms with van der Waals surface area (Å²) in [5, 5.41) is 10.1. The lowest BCUT2D eigenvalue weighted by Gasteiger charge is -2.13. The minimum Gasteiger partial charge on any atom is -0.379 e. The highest BCUT2D eigenvalue weighted by Gasteiger charge is 2.04. The van der Waals surface area contributed by atoms with Crippen molar-refractivity contribution < 1.29 is 9.84 Å². The molecule has 0 amide bonds. The molecule has 0 fully saturated rings. The molecule has 2 nitrogen and oxygen atoms in total. The molecule has 0 saturated carbocycles. The summed E-state index contributed by atoms with van der Waals surface area (Å²) >= 11 is 0. The third-order valence-corrected chi connectivity index (χ3v) is 2.12. The zero-order valence-corrected chi connectivity index (χ0v) is 8.34. The fraction of sp³-hybridized carbons (Fsp3) is 1.00. The van der Waals surface area contributed by atoms with Crippen molar-refractivity contribution in [3.05, 3.63) is 0 Å². The first-order chi connectivity index (χ1) is 5.85. The number of rotatable bonds is 8. The minimum atomic E-state index is -0.107. The van der Waals surface area contributed by atoms with E-state index in [0.29, 0.717) is 12.5 Å². The second kappa shape index (κ2) is 9.01. The van der Waals surface area contributed by atoms with Crippen LogP contribution in [0.15, 0.2) is 0 Å². The molecule has 0 aromatic carbocycles. The van der Waals surface area contributed by atoms with E-state index >= 15 is 0 Å². The van der Waals surface area contributed by atoms with E-state index in [1.807, 2.05) is 0 Å². The van der Waals surface area contributed by atoms with Crippen molar-refractivity contribution in [3.63, 3.8) is 0 Å². The van der Waals surface area contributed by atoms with Crippen molar-refractivity contribution in [2.24, 2.45) is 5.92 Å². The maximum Gasteiger partial charge on any atom is 0.106 e. The predicted octanol–water partition coefficient (Wildman–Crippen LogP) is 2.65. The van der Waals surface area contributed by atoms with Crippen LogP contribution in [0.25, 0.3) is 0 Å². The summed E-state index contributed by atoms with van der Waals surface area (Å²) < 4.78 is 5.22. The Hall–Kier alpha value is -0.0800. The van der Waals surface area contributed by atoms with E-state index in [0.717, 1.165) is 6.61 Å². The Morgan fingerprint density at radius 1 is 1.33 bits per heavy atom. The van der Waals surface area contributed by atoms with Gasteiger partial charge < -0.3 is 4.74 Å². The molecule has 0 heterocycles. The number of ether oxygens (including phenoxy) is 1. The maximum absolute atomic E-state index is 10.1. The van der Waals surface area contributed by atoms with Gasteiger partial charge in [-0.2, -0.15) is 0 Å². The molecule has 0 aromatic rings. The molecular formula is C10H21O2. The first-order valence-corrected chi connectivity index (χ1v) is 5.00. The Morgan fingerprint density at radius 3 is 2.58 bits per heavy atom. The fourth-order valence-corrected chi connectivity index (χ4v) is 1.21. The Morgan fingerprint density at radius 2 is 2.08 bits per heavy atom. The standard InChI is InChI=1S/C10H21O2/c1-3-5-6-10(4-2)9-12-8-7-11/h10H,3-9H2,1-2H3. The highest BCUT2D eigenvalue weighted by Crippen LogP contribution is 2.12. The van der Waals surface area contributed by atoms with Gasteiger partial charge in [-0.15, -0.1) is 0 Å². The zero-order valence-electron chi connectivity index (χ0n) is 8.34. The summed E-state index contributed by atoms with van der Waals surface area (Å²) in [6.45, 7) is 5.43. The zero-order chi connectivity index (χ0) is 9.23. The lowest BCUT2D eigenvalue weighted by atomic mass is 10.0. The van der Waals surface area contributed by atoms with Gasteiger partial charge in [0.05, 0.1) is 6.61 Å². The molecule has 0 aliphatic carbocycles. The van der Waals surface area contributed by atoms with E-state index < -0.39 is 0 Å². The van der Waals surface area contributed by atoms with Crippen LogP contribution in [0.4, 0.5) is 0 Å². The van der Waals surface area contributed by atoms with E-state index in [1.165, 1.54) is 25.7 Å². The third-order valence-electron chi connectivity index (χ3n) is 2.12. The average Bonchev–Trinajstić information content (AvgIpc) is 2.11. The van der Waals surface area contributed by atoms with Crippen LogP contribution in [0.2, 0.25) is 0 Å². The molecule has 1 unspecified atom stereocenters. The molecule has 1 radical (unpaired) electrons. The van der Waals surface area contributed by atoms with Gasteiger partial charge in [0, 0.05) is 6.61 Å². The van der Waals surface area contributed by atoms with Crippen molar-refractivity contribution >= 4 is 0 Å². The van der Waals surface area contributed by atoms with E-state index in [9.17, 15) is 5.11 Å². The van der Waals surface area contributed by atoms with Gasteiger partial charge in [-0.1, -0.05) is 33.1 Å². The highest BCUT2D eigenvalue weighted by molar-refractivity contribution is 4.55. The molecule has 0 rings (SSSR count). The van der Waals surface area contributed by atoms with Crippen molar-refractivity contribution in [1.82, 2.24) is 0 Å². The molecule has 0 saturated heterocycles. The van der Waals surface area contributed by atoms with Gasteiger partial charge in [-0.25, -0.2) is 5.11 Å². The summed E-state index contributed by atoms with van der Waals surface area (Å²) in [4.78, 5) is 0. The van der Waals surface area contributed by atoms with Crippen LogP contribution < -0.4 is 0 Å². The molecule has 0 aromatic heterocycles. The van der Waals surface area contributed by atoms with Crippen LogP contribution in [0.5, 0.6) is 0 Å². The van der Waals surface area contributed by atoms with Crippen LogP contribution in [-0.4, -0.2) is 19.8 Å². The van der Waals surface area contributed by atoms with Gasteiger partial charge in [0.15, 0.2) is 0 Å². The second-order valence-corrected chi connectivity index (χ2v) is 3.20. The van der Waals surface area contributed by atoms with E-state index in [-0.39, 0.29) is 6.61 Å². The molecule has 0 aliphatic heterocycles. The lowest BCUT2D eigenvalue weighted by molar-refractivity contribution is 0.0427. The van der Waals surface area contributed by atoms with Crippen LogP contribution in [0.1, 0.15) is 39.5 Å². The fourth-order valence-electron chi connectivity index (χ4n) is 1.21. The number of unbranched alkanes of at least 4 members (excludes halogenated alkanes) is 1. The van der Waals surface area contributed by atoms with Gasteiger partial charge in [0.2, 0.25) is 0 Å². The average molecular weight is 173 g/mol. The second-order valence-electron chi connectivity index (χ2n) is 3.20. The summed E-state index contributed by atoms with van der Waals surface area (Å²) in [5.74, 6) is 0.663. The highest BCUT2D eigenvalue weighted by atomic mass is 16.5. The van der Waals surface area contributed by atoms with Gasteiger partial charge in [0.25, 0.3) is 0 Å². The topological polar surface area (TPSA) is 29.1 Å². The SMILES string of the molecule is CCCCC(CC)COCC[O]. The summed E-state index contributed by atoms with van der Waals surface area (Å²) in [7, 11) is 0. The normalized spacial score (nSPS) is 13.2. The van der Waals surface area contributed by atoms with Crippen molar-refractivity contribution in [3.8, 4) is 0 Å². The number of hydrogen-bond acceptors (Lipinski definition) is 1.